The third kappa shape index (κ3) is 3.85. The predicted octanol–water partition coefficient (Wildman–Crippen LogP) is 2.95. The van der Waals surface area contributed by atoms with Gasteiger partial charge >= 0.3 is 12.1 Å². The van der Waals surface area contributed by atoms with Crippen LogP contribution in [-0.4, -0.2) is 39.4 Å². The number of benzene rings is 2. The van der Waals surface area contributed by atoms with Crippen molar-refractivity contribution in [1.82, 2.24) is 14.9 Å². The molecule has 3 aromatic rings. The van der Waals surface area contributed by atoms with E-state index in [0.29, 0.717) is 5.69 Å². The molecule has 7 nitrogen and oxygen atoms in total. The number of ether oxygens (including phenoxy) is 1. The van der Waals surface area contributed by atoms with Gasteiger partial charge in [0.2, 0.25) is 0 Å². The van der Waals surface area contributed by atoms with Crippen molar-refractivity contribution in [1.29, 1.82) is 0 Å². The molecule has 0 saturated carbocycles. The quantitative estimate of drug-likeness (QED) is 0.674. The van der Waals surface area contributed by atoms with Gasteiger partial charge in [-0.15, -0.1) is 0 Å². The van der Waals surface area contributed by atoms with Crippen LogP contribution in [0.3, 0.4) is 0 Å². The molecule has 0 saturated heterocycles. The second-order valence-corrected chi connectivity index (χ2v) is 7.10. The Morgan fingerprint density at radius 1 is 1.14 bits per heavy atom. The van der Waals surface area contributed by atoms with Crippen LogP contribution in [0.25, 0.3) is 11.1 Å². The maximum absolute atomic E-state index is 12.3. The van der Waals surface area contributed by atoms with Gasteiger partial charge in [-0.05, 0) is 22.3 Å². The molecular formula is C22H21N3O4. The van der Waals surface area contributed by atoms with E-state index in [1.807, 2.05) is 36.4 Å². The fraction of sp³-hybridized carbons (Fsp3) is 0.227. The monoisotopic (exact) mass is 391 g/mol. The molecule has 1 atom stereocenters. The maximum atomic E-state index is 12.3. The zero-order valence-corrected chi connectivity index (χ0v) is 15.9. The second-order valence-electron chi connectivity index (χ2n) is 7.10. The smallest absolute Gasteiger partial charge is 0.407 e. The molecular weight excluding hydrogens is 370 g/mol. The molecule has 7 heteroatoms. The first-order chi connectivity index (χ1) is 14.0. The summed E-state index contributed by atoms with van der Waals surface area (Å²) in [7, 11) is 1.80. The molecule has 1 aliphatic rings. The number of aryl methyl sites for hydroxylation is 1. The molecule has 2 N–H and O–H groups in total. The van der Waals surface area contributed by atoms with Crippen LogP contribution in [0, 0.1) is 0 Å². The van der Waals surface area contributed by atoms with Crippen molar-refractivity contribution >= 4 is 12.1 Å². The van der Waals surface area contributed by atoms with Crippen LogP contribution in [0.5, 0.6) is 0 Å². The summed E-state index contributed by atoms with van der Waals surface area (Å²) in [5.41, 5.74) is 5.06. The van der Waals surface area contributed by atoms with Gasteiger partial charge in [0.1, 0.15) is 12.6 Å². The number of hydrogen-bond acceptors (Lipinski definition) is 4. The minimum absolute atomic E-state index is 0.0766. The topological polar surface area (TPSA) is 93.5 Å². The first kappa shape index (κ1) is 18.7. The molecule has 0 fully saturated rings. The number of aliphatic carboxylic acids is 1. The molecule has 0 unspecified atom stereocenters. The molecule has 1 heterocycles. The van der Waals surface area contributed by atoms with E-state index in [-0.39, 0.29) is 18.9 Å². The van der Waals surface area contributed by atoms with E-state index < -0.39 is 18.1 Å². The van der Waals surface area contributed by atoms with Crippen LogP contribution in [0.15, 0.2) is 61.1 Å². The number of amides is 1. The lowest BCUT2D eigenvalue weighted by Crippen LogP contribution is -2.43. The lowest BCUT2D eigenvalue weighted by atomic mass is 9.98. The molecule has 4 rings (SSSR count). The van der Waals surface area contributed by atoms with Crippen molar-refractivity contribution in [2.75, 3.05) is 6.61 Å². The molecule has 29 heavy (non-hydrogen) atoms. The molecule has 2 aromatic carbocycles. The fourth-order valence-corrected chi connectivity index (χ4v) is 3.76. The summed E-state index contributed by atoms with van der Waals surface area (Å²) in [5, 5.41) is 11.9. The minimum Gasteiger partial charge on any atom is -0.480 e. The average molecular weight is 391 g/mol. The summed E-state index contributed by atoms with van der Waals surface area (Å²) < 4.78 is 7.15. The van der Waals surface area contributed by atoms with Gasteiger partial charge in [0.15, 0.2) is 0 Å². The Morgan fingerprint density at radius 3 is 2.31 bits per heavy atom. The number of rotatable bonds is 6. The summed E-state index contributed by atoms with van der Waals surface area (Å²) in [6, 6.07) is 15.0. The summed E-state index contributed by atoms with van der Waals surface area (Å²) >= 11 is 0. The number of carbonyl (C=O) groups is 2. The number of hydrogen-bond donors (Lipinski definition) is 2. The summed E-state index contributed by atoms with van der Waals surface area (Å²) in [6.45, 7) is 0.135. The zero-order chi connectivity index (χ0) is 20.4. The van der Waals surface area contributed by atoms with E-state index in [2.05, 4.69) is 22.4 Å². The van der Waals surface area contributed by atoms with Crippen LogP contribution in [0.4, 0.5) is 4.79 Å². The van der Waals surface area contributed by atoms with E-state index >= 15 is 0 Å². The van der Waals surface area contributed by atoms with Crippen LogP contribution in [0.1, 0.15) is 22.7 Å². The molecule has 0 radical (unpaired) electrons. The number of carboxylic acids is 1. The Kier molecular flexibility index (Phi) is 5.03. The number of nitrogens with zero attached hydrogens (tertiary/aromatic N) is 2. The zero-order valence-electron chi connectivity index (χ0n) is 15.9. The highest BCUT2D eigenvalue weighted by Gasteiger charge is 2.29. The molecule has 0 spiro atoms. The Balaban J connectivity index is 1.43. The van der Waals surface area contributed by atoms with Gasteiger partial charge in [0.05, 0.1) is 12.0 Å². The number of imidazole rings is 1. The van der Waals surface area contributed by atoms with Gasteiger partial charge in [-0.25, -0.2) is 14.6 Å². The molecule has 0 aliphatic heterocycles. The van der Waals surface area contributed by atoms with Gasteiger partial charge < -0.3 is 19.7 Å². The summed E-state index contributed by atoms with van der Waals surface area (Å²) in [6.07, 6.45) is 2.63. The van der Waals surface area contributed by atoms with Crippen LogP contribution in [0.2, 0.25) is 0 Å². The van der Waals surface area contributed by atoms with Crippen molar-refractivity contribution < 1.29 is 19.4 Å². The SMILES string of the molecule is Cn1cnc(C[C@H](NC(=O)OCC2c3ccccc3-c3ccccc32)C(=O)O)c1. The molecule has 1 amide bonds. The molecule has 148 valence electrons. The highest BCUT2D eigenvalue weighted by Crippen LogP contribution is 2.44. The highest BCUT2D eigenvalue weighted by atomic mass is 16.5. The number of aromatic nitrogens is 2. The van der Waals surface area contributed by atoms with Crippen molar-refractivity contribution in [2.45, 2.75) is 18.4 Å². The van der Waals surface area contributed by atoms with E-state index in [1.54, 1.807) is 24.1 Å². The Hall–Kier alpha value is -3.61. The fourth-order valence-electron chi connectivity index (χ4n) is 3.76. The number of carboxylic acid groups (broad SMARTS) is 1. The van der Waals surface area contributed by atoms with Gasteiger partial charge in [-0.3, -0.25) is 0 Å². The first-order valence-electron chi connectivity index (χ1n) is 9.34. The van der Waals surface area contributed by atoms with Crippen molar-refractivity contribution in [2.24, 2.45) is 7.05 Å². The van der Waals surface area contributed by atoms with Crippen LogP contribution < -0.4 is 5.32 Å². The maximum Gasteiger partial charge on any atom is 0.407 e. The van der Waals surface area contributed by atoms with E-state index in [1.165, 1.54) is 0 Å². The predicted molar refractivity (Wildman–Crippen MR) is 107 cm³/mol. The molecule has 0 bridgehead atoms. The first-order valence-corrected chi connectivity index (χ1v) is 9.34. The Labute approximate surface area is 168 Å². The third-order valence-corrected chi connectivity index (χ3v) is 5.11. The number of fused-ring (bicyclic) bond motifs is 3. The molecule has 1 aliphatic carbocycles. The average Bonchev–Trinajstić information content (AvgIpc) is 3.27. The highest BCUT2D eigenvalue weighted by molar-refractivity contribution is 5.81. The minimum atomic E-state index is -1.14. The standard InChI is InChI=1S/C22H21N3O4/c1-25-11-14(23-13-25)10-20(21(26)27)24-22(28)29-12-19-17-8-4-2-6-15(17)16-7-3-5-9-18(16)19/h2-9,11,13,19-20H,10,12H2,1H3,(H,24,28)(H,26,27)/t20-/m0/s1. The van der Waals surface area contributed by atoms with Gasteiger partial charge in [0, 0.05) is 25.6 Å². The van der Waals surface area contributed by atoms with Crippen LogP contribution in [-0.2, 0) is 23.0 Å². The number of carbonyl (C=O) groups excluding carboxylic acids is 1. The Bertz CT molecular complexity index is 1010. The van der Waals surface area contributed by atoms with E-state index in [0.717, 1.165) is 22.3 Å². The third-order valence-electron chi connectivity index (χ3n) is 5.11. The lowest BCUT2D eigenvalue weighted by molar-refractivity contribution is -0.139. The van der Waals surface area contributed by atoms with Gasteiger partial charge in [0.25, 0.3) is 0 Å². The van der Waals surface area contributed by atoms with Crippen LogP contribution >= 0.6 is 0 Å². The van der Waals surface area contributed by atoms with Crippen molar-refractivity contribution in [3.63, 3.8) is 0 Å². The van der Waals surface area contributed by atoms with E-state index in [4.69, 9.17) is 4.74 Å². The van der Waals surface area contributed by atoms with Crippen molar-refractivity contribution in [3.8, 4) is 11.1 Å². The molecule has 1 aromatic heterocycles. The number of alkyl carbamates (subject to hydrolysis) is 1. The summed E-state index contributed by atoms with van der Waals surface area (Å²) in [5.74, 6) is -1.21. The largest absolute Gasteiger partial charge is 0.480 e. The normalized spacial score (nSPS) is 13.4. The Morgan fingerprint density at radius 2 is 1.76 bits per heavy atom. The lowest BCUT2D eigenvalue weighted by Gasteiger charge is -2.17. The summed E-state index contributed by atoms with van der Waals surface area (Å²) in [4.78, 5) is 28.0. The second kappa shape index (κ2) is 7.79. The number of nitrogens with one attached hydrogen (secondary N) is 1. The van der Waals surface area contributed by atoms with Gasteiger partial charge in [-0.1, -0.05) is 48.5 Å². The van der Waals surface area contributed by atoms with E-state index in [9.17, 15) is 14.7 Å². The van der Waals surface area contributed by atoms with Gasteiger partial charge in [-0.2, -0.15) is 0 Å². The van der Waals surface area contributed by atoms with Crippen molar-refractivity contribution in [3.05, 3.63) is 77.9 Å².